The third-order valence-electron chi connectivity index (χ3n) is 4.39. The van der Waals surface area contributed by atoms with Crippen molar-refractivity contribution in [3.63, 3.8) is 0 Å². The van der Waals surface area contributed by atoms with Crippen molar-refractivity contribution < 1.29 is 4.79 Å². The van der Waals surface area contributed by atoms with Gasteiger partial charge in [-0.2, -0.15) is 5.10 Å². The number of carbonyl (C=O) groups excluding carboxylic acids is 1. The van der Waals surface area contributed by atoms with Crippen molar-refractivity contribution >= 4 is 5.91 Å². The second-order valence-corrected chi connectivity index (χ2v) is 6.05. The van der Waals surface area contributed by atoms with Crippen LogP contribution < -0.4 is 11.2 Å². The van der Waals surface area contributed by atoms with E-state index >= 15 is 0 Å². The van der Waals surface area contributed by atoms with Gasteiger partial charge < -0.3 is 9.47 Å². The largest absolute Gasteiger partial charge is 0.340 e. The number of rotatable bonds is 6. The van der Waals surface area contributed by atoms with E-state index in [1.807, 2.05) is 21.8 Å². The molecule has 1 amide bonds. The second-order valence-electron chi connectivity index (χ2n) is 6.05. The molecule has 1 fully saturated rings. The maximum atomic E-state index is 12.3. The smallest absolute Gasteiger partial charge is 0.328 e. The van der Waals surface area contributed by atoms with E-state index in [1.54, 1.807) is 6.20 Å². The lowest BCUT2D eigenvalue weighted by Crippen LogP contribution is -2.49. The lowest BCUT2D eigenvalue weighted by molar-refractivity contribution is -0.133. The first-order valence-corrected chi connectivity index (χ1v) is 8.39. The summed E-state index contributed by atoms with van der Waals surface area (Å²) in [7, 11) is 0. The SMILES string of the molecule is O=C(CCn1ccc(=O)[nH]c1=O)N1CCN(CCn2cccn2)CC1. The average Bonchev–Trinajstić information content (AvgIpc) is 3.13. The summed E-state index contributed by atoms with van der Waals surface area (Å²) in [5.74, 6) is 0.0322. The van der Waals surface area contributed by atoms with Gasteiger partial charge in [0.05, 0.1) is 6.54 Å². The predicted octanol–water partition coefficient (Wildman–Crippen LogP) is -1.03. The molecular formula is C16H22N6O3. The van der Waals surface area contributed by atoms with Crippen LogP contribution in [-0.2, 0) is 17.9 Å². The summed E-state index contributed by atoms with van der Waals surface area (Å²) in [5.41, 5.74) is -0.914. The molecule has 2 aromatic rings. The number of aromatic nitrogens is 4. The van der Waals surface area contributed by atoms with Gasteiger partial charge in [0.1, 0.15) is 0 Å². The Bertz CT molecular complexity index is 802. The fraction of sp³-hybridized carbons (Fsp3) is 0.500. The summed E-state index contributed by atoms with van der Waals surface area (Å²) < 4.78 is 3.25. The highest BCUT2D eigenvalue weighted by molar-refractivity contribution is 5.76. The molecule has 0 bridgehead atoms. The highest BCUT2D eigenvalue weighted by Gasteiger charge is 2.20. The minimum Gasteiger partial charge on any atom is -0.340 e. The van der Waals surface area contributed by atoms with Crippen LogP contribution in [-0.4, -0.2) is 67.8 Å². The van der Waals surface area contributed by atoms with Crippen LogP contribution in [0.2, 0.25) is 0 Å². The Hall–Kier alpha value is -2.68. The van der Waals surface area contributed by atoms with Gasteiger partial charge in [0, 0.05) is 70.3 Å². The zero-order valence-corrected chi connectivity index (χ0v) is 14.0. The molecule has 0 unspecified atom stereocenters. The number of nitrogens with one attached hydrogen (secondary N) is 1. The molecule has 0 atom stereocenters. The highest BCUT2D eigenvalue weighted by atomic mass is 16.2. The molecular weight excluding hydrogens is 324 g/mol. The summed E-state index contributed by atoms with van der Waals surface area (Å²) in [6, 6.07) is 3.19. The Balaban J connectivity index is 1.42. The molecule has 3 heterocycles. The van der Waals surface area contributed by atoms with Crippen molar-refractivity contribution in [2.24, 2.45) is 0 Å². The lowest BCUT2D eigenvalue weighted by Gasteiger charge is -2.34. The lowest BCUT2D eigenvalue weighted by atomic mass is 10.2. The molecule has 0 saturated carbocycles. The molecule has 2 aromatic heterocycles. The molecule has 0 aromatic carbocycles. The Morgan fingerprint density at radius 2 is 1.88 bits per heavy atom. The Morgan fingerprint density at radius 1 is 1.08 bits per heavy atom. The first kappa shape index (κ1) is 17.2. The number of carbonyl (C=O) groups is 1. The first-order chi connectivity index (χ1) is 12.1. The molecule has 0 radical (unpaired) electrons. The van der Waals surface area contributed by atoms with Crippen molar-refractivity contribution in [2.75, 3.05) is 32.7 Å². The van der Waals surface area contributed by atoms with E-state index in [0.717, 1.165) is 26.2 Å². The zero-order valence-electron chi connectivity index (χ0n) is 14.0. The van der Waals surface area contributed by atoms with E-state index in [0.29, 0.717) is 13.1 Å². The Labute approximate surface area is 144 Å². The van der Waals surface area contributed by atoms with Crippen LogP contribution in [0.5, 0.6) is 0 Å². The summed E-state index contributed by atoms with van der Waals surface area (Å²) in [5, 5.41) is 4.18. The van der Waals surface area contributed by atoms with Crippen molar-refractivity contribution in [3.05, 3.63) is 51.6 Å². The van der Waals surface area contributed by atoms with Crippen LogP contribution in [0.1, 0.15) is 6.42 Å². The van der Waals surface area contributed by atoms with Crippen molar-refractivity contribution in [3.8, 4) is 0 Å². The number of H-pyrrole nitrogens is 1. The average molecular weight is 346 g/mol. The van der Waals surface area contributed by atoms with Gasteiger partial charge in [-0.1, -0.05) is 0 Å². The van der Waals surface area contributed by atoms with Crippen molar-refractivity contribution in [1.82, 2.24) is 29.1 Å². The minimum atomic E-state index is -0.483. The Kier molecular flexibility index (Phi) is 5.44. The van der Waals surface area contributed by atoms with Gasteiger partial charge in [0.15, 0.2) is 0 Å². The van der Waals surface area contributed by atoms with Gasteiger partial charge in [-0.3, -0.25) is 24.2 Å². The maximum absolute atomic E-state index is 12.3. The molecule has 1 aliphatic heterocycles. The quantitative estimate of drug-likeness (QED) is 0.721. The molecule has 1 saturated heterocycles. The van der Waals surface area contributed by atoms with Gasteiger partial charge >= 0.3 is 5.69 Å². The molecule has 9 nitrogen and oxygen atoms in total. The van der Waals surface area contributed by atoms with Gasteiger partial charge in [-0.15, -0.1) is 0 Å². The first-order valence-electron chi connectivity index (χ1n) is 8.39. The highest BCUT2D eigenvalue weighted by Crippen LogP contribution is 2.05. The summed E-state index contributed by atoms with van der Waals surface area (Å²) >= 11 is 0. The topological polar surface area (TPSA) is 96.2 Å². The summed E-state index contributed by atoms with van der Waals surface area (Å²) in [6.45, 7) is 5.09. The summed E-state index contributed by atoms with van der Waals surface area (Å²) in [6.07, 6.45) is 5.38. The molecule has 0 spiro atoms. The van der Waals surface area contributed by atoms with E-state index in [1.165, 1.54) is 16.8 Å². The molecule has 25 heavy (non-hydrogen) atoms. The summed E-state index contributed by atoms with van der Waals surface area (Å²) in [4.78, 5) is 41.3. The van der Waals surface area contributed by atoms with Crippen LogP contribution in [0.15, 0.2) is 40.3 Å². The van der Waals surface area contributed by atoms with Crippen LogP contribution in [0.25, 0.3) is 0 Å². The number of amides is 1. The number of hydrogen-bond acceptors (Lipinski definition) is 5. The number of hydrogen-bond donors (Lipinski definition) is 1. The molecule has 1 aliphatic rings. The van der Waals surface area contributed by atoms with Gasteiger partial charge in [0.2, 0.25) is 5.91 Å². The minimum absolute atomic E-state index is 0.0322. The third-order valence-corrected chi connectivity index (χ3v) is 4.39. The second kappa shape index (κ2) is 7.93. The molecule has 134 valence electrons. The fourth-order valence-corrected chi connectivity index (χ4v) is 2.89. The zero-order chi connectivity index (χ0) is 17.6. The number of piperazine rings is 1. The van der Waals surface area contributed by atoms with E-state index < -0.39 is 11.2 Å². The maximum Gasteiger partial charge on any atom is 0.328 e. The standard InChI is InChI=1S/C16H22N6O3/c23-14-2-6-21(16(25)18-14)7-3-15(24)20-11-8-19(9-12-20)10-13-22-5-1-4-17-22/h1-2,4-6H,3,7-13H2,(H,18,23,25). The molecule has 1 N–H and O–H groups in total. The monoisotopic (exact) mass is 346 g/mol. The number of aryl methyl sites for hydroxylation is 1. The van der Waals surface area contributed by atoms with Crippen LogP contribution in [0, 0.1) is 0 Å². The van der Waals surface area contributed by atoms with Crippen LogP contribution >= 0.6 is 0 Å². The fourth-order valence-electron chi connectivity index (χ4n) is 2.89. The van der Waals surface area contributed by atoms with E-state index in [-0.39, 0.29) is 18.9 Å². The molecule has 9 heteroatoms. The number of aromatic amines is 1. The van der Waals surface area contributed by atoms with Crippen molar-refractivity contribution in [1.29, 1.82) is 0 Å². The third kappa shape index (κ3) is 4.66. The van der Waals surface area contributed by atoms with Gasteiger partial charge in [0.25, 0.3) is 5.56 Å². The van der Waals surface area contributed by atoms with Crippen LogP contribution in [0.4, 0.5) is 0 Å². The molecule has 0 aliphatic carbocycles. The Morgan fingerprint density at radius 3 is 2.56 bits per heavy atom. The van der Waals surface area contributed by atoms with Crippen LogP contribution in [0.3, 0.4) is 0 Å². The van der Waals surface area contributed by atoms with Gasteiger partial charge in [-0.05, 0) is 6.07 Å². The van der Waals surface area contributed by atoms with Crippen molar-refractivity contribution in [2.45, 2.75) is 19.5 Å². The van der Waals surface area contributed by atoms with E-state index in [9.17, 15) is 14.4 Å². The van der Waals surface area contributed by atoms with E-state index in [4.69, 9.17) is 0 Å². The van der Waals surface area contributed by atoms with E-state index in [2.05, 4.69) is 15.0 Å². The van der Waals surface area contributed by atoms with Gasteiger partial charge in [-0.25, -0.2) is 4.79 Å². The number of nitrogens with zero attached hydrogens (tertiary/aromatic N) is 5. The predicted molar refractivity (Wildman–Crippen MR) is 91.2 cm³/mol. The normalized spacial score (nSPS) is 15.4. The molecule has 3 rings (SSSR count).